The minimum atomic E-state index is -2.32. The monoisotopic (exact) mass is 570 g/mol. The highest BCUT2D eigenvalue weighted by atomic mass is 32.1. The summed E-state index contributed by atoms with van der Waals surface area (Å²) in [6, 6.07) is 14.3. The number of carbonyl (C=O) groups excluding carboxylic acids is 3. The van der Waals surface area contributed by atoms with Crippen molar-refractivity contribution in [3.63, 3.8) is 0 Å². The van der Waals surface area contributed by atoms with Crippen molar-refractivity contribution in [3.8, 4) is 0 Å². The number of aliphatic hydroxyl groups is 1. The van der Waals surface area contributed by atoms with E-state index in [4.69, 9.17) is 22.1 Å². The average Bonchev–Trinajstić information content (AvgIpc) is 3.64. The highest BCUT2D eigenvalue weighted by Crippen LogP contribution is 2.66. The predicted octanol–water partition coefficient (Wildman–Crippen LogP) is 2.27. The van der Waals surface area contributed by atoms with E-state index in [-0.39, 0.29) is 10.4 Å². The second kappa shape index (κ2) is 9.25. The van der Waals surface area contributed by atoms with E-state index in [1.165, 1.54) is 11.3 Å². The number of Topliss-reactive ketones (excluding diaryl/α,β-unsaturated/α-hetero) is 1. The van der Waals surface area contributed by atoms with Crippen LogP contribution in [0.3, 0.4) is 0 Å². The highest BCUT2D eigenvalue weighted by Gasteiger charge is 2.83. The molecule has 2 radical (unpaired) electrons. The third kappa shape index (κ3) is 3.69. The van der Waals surface area contributed by atoms with Crippen LogP contribution < -0.4 is 15.7 Å². The smallest absolute Gasteiger partial charge is 0.316 e. The molecule has 0 saturated carbocycles. The van der Waals surface area contributed by atoms with E-state index in [1.807, 2.05) is 19.1 Å². The summed E-state index contributed by atoms with van der Waals surface area (Å²) in [7, 11) is 6.05. The van der Waals surface area contributed by atoms with Crippen LogP contribution in [-0.2, 0) is 29.6 Å². The molecule has 11 heteroatoms. The number of ether oxygens (including phenoxy) is 3. The maximum absolute atomic E-state index is 14.0. The molecule has 9 nitrogen and oxygen atoms in total. The largest absolute Gasteiger partial charge is 0.424 e. The maximum atomic E-state index is 14.0. The molecule has 208 valence electrons. The number of anilines is 2. The molecule has 0 bridgehead atoms. The Balaban J connectivity index is 1.27. The van der Waals surface area contributed by atoms with E-state index in [1.54, 1.807) is 43.3 Å². The summed E-state index contributed by atoms with van der Waals surface area (Å²) in [5.74, 6) is -6.79. The zero-order chi connectivity index (χ0) is 28.7. The highest BCUT2D eigenvalue weighted by molar-refractivity contribution is 7.12. The lowest BCUT2D eigenvalue weighted by atomic mass is 9.75. The average molecular weight is 570 g/mol. The third-order valence-corrected chi connectivity index (χ3v) is 9.76. The zero-order valence-electron chi connectivity index (χ0n) is 22.5. The summed E-state index contributed by atoms with van der Waals surface area (Å²) in [6.07, 6.45) is -1.02. The molecule has 3 aliphatic heterocycles. The van der Waals surface area contributed by atoms with Crippen LogP contribution in [0, 0.1) is 25.7 Å². The molecule has 1 aliphatic carbocycles. The minimum absolute atomic E-state index is 0.225. The van der Waals surface area contributed by atoms with Crippen LogP contribution in [0.15, 0.2) is 48.5 Å². The van der Waals surface area contributed by atoms with Gasteiger partial charge in [-0.1, -0.05) is 29.2 Å². The quantitative estimate of drug-likeness (QED) is 0.363. The van der Waals surface area contributed by atoms with E-state index in [0.29, 0.717) is 29.9 Å². The van der Waals surface area contributed by atoms with Crippen LogP contribution in [0.1, 0.15) is 37.3 Å². The number of hydrogen-bond donors (Lipinski definition) is 2. The molecule has 3 saturated heterocycles. The van der Waals surface area contributed by atoms with Gasteiger partial charge in [-0.15, -0.1) is 11.3 Å². The molecule has 7 rings (SSSR count). The molecular formula is C30H27BN2O7S. The van der Waals surface area contributed by atoms with Gasteiger partial charge in [0.15, 0.2) is 0 Å². The van der Waals surface area contributed by atoms with Gasteiger partial charge in [-0.2, -0.15) is 0 Å². The first kappa shape index (κ1) is 26.4. The van der Waals surface area contributed by atoms with Gasteiger partial charge in [-0.3, -0.25) is 14.4 Å². The Morgan fingerprint density at radius 1 is 1.10 bits per heavy atom. The summed E-state index contributed by atoms with van der Waals surface area (Å²) in [6.45, 7) is 6.49. The van der Waals surface area contributed by atoms with Crippen molar-refractivity contribution in [2.45, 2.75) is 31.3 Å². The summed E-state index contributed by atoms with van der Waals surface area (Å²) in [4.78, 5) is 44.7. The fourth-order valence-electron chi connectivity index (χ4n) is 6.60. The van der Waals surface area contributed by atoms with E-state index < -0.39 is 47.0 Å². The number of benzene rings is 2. The summed E-state index contributed by atoms with van der Waals surface area (Å²) >= 11 is 1.17. The molecule has 3 fully saturated rings. The second-order valence-corrected chi connectivity index (χ2v) is 12.3. The van der Waals surface area contributed by atoms with Crippen molar-refractivity contribution in [2.24, 2.45) is 11.8 Å². The van der Waals surface area contributed by atoms with Gasteiger partial charge in [0.1, 0.15) is 13.8 Å². The number of amides is 1. The van der Waals surface area contributed by atoms with Gasteiger partial charge in [0, 0.05) is 34.9 Å². The topological polar surface area (TPSA) is 114 Å². The lowest BCUT2D eigenvalue weighted by molar-refractivity contribution is -0.251. The number of nitrogens with zero attached hydrogens (tertiary/aromatic N) is 1. The number of rotatable bonds is 4. The molecule has 3 aromatic rings. The Labute approximate surface area is 241 Å². The van der Waals surface area contributed by atoms with Crippen LogP contribution in [-0.4, -0.2) is 62.5 Å². The molecule has 1 spiro atoms. The van der Waals surface area contributed by atoms with Gasteiger partial charge in [-0.05, 0) is 49.7 Å². The van der Waals surface area contributed by atoms with E-state index >= 15 is 0 Å². The van der Waals surface area contributed by atoms with Crippen molar-refractivity contribution in [1.29, 1.82) is 0 Å². The van der Waals surface area contributed by atoms with Crippen LogP contribution in [0.5, 0.6) is 0 Å². The molecule has 4 aliphatic rings. The molecule has 41 heavy (non-hydrogen) atoms. The number of nitrogens with one attached hydrogen (secondary N) is 1. The van der Waals surface area contributed by atoms with Crippen molar-refractivity contribution in [2.75, 3.05) is 36.5 Å². The Bertz CT molecular complexity index is 1600. The van der Waals surface area contributed by atoms with Crippen molar-refractivity contribution in [1.82, 2.24) is 0 Å². The normalized spacial score (nSPS) is 30.1. The number of ketones is 1. The van der Waals surface area contributed by atoms with Crippen LogP contribution in [0.2, 0.25) is 0 Å². The molecule has 2 unspecified atom stereocenters. The van der Waals surface area contributed by atoms with Crippen molar-refractivity contribution in [3.05, 3.63) is 75.0 Å². The van der Waals surface area contributed by atoms with Crippen LogP contribution in [0.4, 0.5) is 11.4 Å². The maximum Gasteiger partial charge on any atom is 0.316 e. The van der Waals surface area contributed by atoms with E-state index in [2.05, 4.69) is 10.2 Å². The van der Waals surface area contributed by atoms with Gasteiger partial charge in [0.2, 0.25) is 17.3 Å². The number of hydrogen-bond acceptors (Lipinski definition) is 9. The molecule has 5 atom stereocenters. The first-order valence-electron chi connectivity index (χ1n) is 13.5. The van der Waals surface area contributed by atoms with Crippen molar-refractivity contribution >= 4 is 53.7 Å². The van der Waals surface area contributed by atoms with Gasteiger partial charge in [0.25, 0.3) is 5.79 Å². The van der Waals surface area contributed by atoms with Gasteiger partial charge in [-0.25, -0.2) is 0 Å². The summed E-state index contributed by atoms with van der Waals surface area (Å²) < 4.78 is 17.4. The van der Waals surface area contributed by atoms with Crippen LogP contribution in [0.25, 0.3) is 0 Å². The standard InChI is InChI=1S/C30H27BN2O7S/c1-15-13-17(3-8-21(15)31)24-22(27(35)32-18-4-6-19(7-5-18)33-9-11-38-12-10-33)23-28(36)40-30(37)26-20(14-16(2)41-26)25(34)29(23,30)39-24/h3-8,13-14,22-24,37H,9-12H2,1-2H3,(H,32,35)/t22-,23-,24-,29?,30?/m0/s1. The van der Waals surface area contributed by atoms with Gasteiger partial charge in [0.05, 0.1) is 30.1 Å². The number of thiophene rings is 1. The van der Waals surface area contributed by atoms with Gasteiger partial charge >= 0.3 is 5.97 Å². The Kier molecular flexibility index (Phi) is 5.96. The number of carbonyl (C=O) groups is 3. The summed E-state index contributed by atoms with van der Waals surface area (Å²) in [5, 5.41) is 14.8. The van der Waals surface area contributed by atoms with E-state index in [9.17, 15) is 19.5 Å². The minimum Gasteiger partial charge on any atom is -0.424 e. The summed E-state index contributed by atoms with van der Waals surface area (Å²) in [5.41, 5.74) is 1.57. The number of aryl methyl sites for hydroxylation is 2. The Morgan fingerprint density at radius 3 is 2.54 bits per heavy atom. The fourth-order valence-corrected chi connectivity index (χ4v) is 7.70. The van der Waals surface area contributed by atoms with Crippen LogP contribution >= 0.6 is 11.3 Å². The fraction of sp³-hybridized carbons (Fsp3) is 0.367. The van der Waals surface area contributed by atoms with Gasteiger partial charge < -0.3 is 29.5 Å². The SMILES string of the molecule is [B]c1ccc([C@@H]2OC34C(=O)c5cc(C)sc5C3(O)OC(=O)[C@@H]4[C@@H]2C(=O)Nc2ccc(N3CCOCC3)cc2)cc1C. The molecule has 4 heterocycles. The number of esters is 1. The first-order valence-corrected chi connectivity index (χ1v) is 14.3. The first-order chi connectivity index (χ1) is 19.6. The Hall–Kier alpha value is -3.51. The third-order valence-electron chi connectivity index (χ3n) is 8.62. The molecule has 2 N–H and O–H groups in total. The lowest BCUT2D eigenvalue weighted by Crippen LogP contribution is -2.53. The lowest BCUT2D eigenvalue weighted by Gasteiger charge is -2.31. The molecule has 2 aromatic carbocycles. The molecular weight excluding hydrogens is 543 g/mol. The Morgan fingerprint density at radius 2 is 1.83 bits per heavy atom. The predicted molar refractivity (Wildman–Crippen MR) is 152 cm³/mol. The second-order valence-electron chi connectivity index (χ2n) is 11.0. The zero-order valence-corrected chi connectivity index (χ0v) is 23.3. The molecule has 1 amide bonds. The van der Waals surface area contributed by atoms with E-state index in [0.717, 1.165) is 29.2 Å². The number of fused-ring (bicyclic) bond motifs is 2. The molecule has 1 aromatic heterocycles. The number of morpholine rings is 1. The van der Waals surface area contributed by atoms with Crippen molar-refractivity contribution < 1.29 is 33.7 Å².